The normalized spacial score (nSPS) is 23.3. The van der Waals surface area contributed by atoms with Crippen LogP contribution in [0.3, 0.4) is 0 Å². The fourth-order valence-electron chi connectivity index (χ4n) is 3.01. The van der Waals surface area contributed by atoms with E-state index in [9.17, 15) is 9.59 Å². The van der Waals surface area contributed by atoms with Gasteiger partial charge in [-0.15, -0.1) is 0 Å². The molecular formula is C17H25N5O2. The highest BCUT2D eigenvalue weighted by Crippen LogP contribution is 2.40. The van der Waals surface area contributed by atoms with Crippen LogP contribution in [-0.2, 0) is 9.59 Å². The molecule has 2 atom stereocenters. The summed E-state index contributed by atoms with van der Waals surface area (Å²) in [5, 5.41) is 2.93. The summed E-state index contributed by atoms with van der Waals surface area (Å²) in [5.74, 6) is 1.02. The monoisotopic (exact) mass is 331 g/mol. The Hall–Kier alpha value is -2.18. The Morgan fingerprint density at radius 3 is 2.46 bits per heavy atom. The lowest BCUT2D eigenvalue weighted by molar-refractivity contribution is -0.135. The third-order valence-electron chi connectivity index (χ3n) is 4.56. The van der Waals surface area contributed by atoms with Crippen LogP contribution in [0.1, 0.15) is 20.3 Å². The molecule has 24 heavy (non-hydrogen) atoms. The Labute approximate surface area is 142 Å². The summed E-state index contributed by atoms with van der Waals surface area (Å²) in [6, 6.07) is 1.79. The second-order valence-electron chi connectivity index (χ2n) is 6.95. The van der Waals surface area contributed by atoms with Gasteiger partial charge in [0.25, 0.3) is 0 Å². The second kappa shape index (κ2) is 7.15. The number of aromatic nitrogens is 2. The van der Waals surface area contributed by atoms with Crippen molar-refractivity contribution in [1.29, 1.82) is 0 Å². The van der Waals surface area contributed by atoms with Crippen molar-refractivity contribution in [2.75, 3.05) is 37.6 Å². The molecule has 130 valence electrons. The number of carbonyl (C=O) groups is 2. The highest BCUT2D eigenvalue weighted by atomic mass is 16.2. The minimum Gasteiger partial charge on any atom is -0.356 e. The zero-order valence-corrected chi connectivity index (χ0v) is 14.3. The van der Waals surface area contributed by atoms with E-state index in [1.54, 1.807) is 18.5 Å². The molecule has 7 nitrogen and oxygen atoms in total. The molecule has 1 aromatic heterocycles. The molecule has 0 spiro atoms. The minimum atomic E-state index is -0.133. The van der Waals surface area contributed by atoms with Crippen LogP contribution in [0.5, 0.6) is 0 Å². The topological polar surface area (TPSA) is 78.4 Å². The number of amides is 2. The number of nitrogens with one attached hydrogen (secondary N) is 1. The van der Waals surface area contributed by atoms with Gasteiger partial charge < -0.3 is 15.1 Å². The number of hydrogen-bond acceptors (Lipinski definition) is 5. The Kier molecular flexibility index (Phi) is 4.97. The molecule has 1 aromatic rings. The van der Waals surface area contributed by atoms with Crippen molar-refractivity contribution in [3.8, 4) is 0 Å². The summed E-state index contributed by atoms with van der Waals surface area (Å²) in [4.78, 5) is 37.0. The van der Waals surface area contributed by atoms with E-state index in [1.165, 1.54) is 0 Å². The van der Waals surface area contributed by atoms with Gasteiger partial charge in [0, 0.05) is 45.1 Å². The Bertz CT molecular complexity index is 584. The third-order valence-corrected chi connectivity index (χ3v) is 4.56. The van der Waals surface area contributed by atoms with E-state index in [0.29, 0.717) is 37.9 Å². The first-order chi connectivity index (χ1) is 11.6. The molecule has 2 aliphatic rings. The molecule has 0 bridgehead atoms. The van der Waals surface area contributed by atoms with E-state index in [2.05, 4.69) is 34.0 Å². The number of piperazine rings is 1. The highest BCUT2D eigenvalue weighted by molar-refractivity contribution is 5.92. The van der Waals surface area contributed by atoms with Gasteiger partial charge in [0.2, 0.25) is 17.8 Å². The first kappa shape index (κ1) is 16.7. The van der Waals surface area contributed by atoms with Gasteiger partial charge in [-0.3, -0.25) is 9.59 Å². The van der Waals surface area contributed by atoms with Gasteiger partial charge in [-0.1, -0.05) is 13.8 Å². The molecule has 2 amide bonds. The van der Waals surface area contributed by atoms with E-state index in [1.807, 2.05) is 4.90 Å². The van der Waals surface area contributed by atoms with Gasteiger partial charge >= 0.3 is 0 Å². The summed E-state index contributed by atoms with van der Waals surface area (Å²) >= 11 is 0. The number of anilines is 1. The highest BCUT2D eigenvalue weighted by Gasteiger charge is 2.49. The molecule has 1 saturated carbocycles. The van der Waals surface area contributed by atoms with Gasteiger partial charge in [-0.2, -0.15) is 0 Å². The molecule has 0 radical (unpaired) electrons. The minimum absolute atomic E-state index is 0.0263. The average molecular weight is 331 g/mol. The standard InChI is InChI=1S/C17H25N5O2/c1-12(2)11-20-15(23)13-10-14(13)16(24)21-6-8-22(9-7-21)17-18-4-3-5-19-17/h3-5,12-14H,6-11H2,1-2H3,(H,20,23). The van der Waals surface area contributed by atoms with Crippen molar-refractivity contribution in [3.63, 3.8) is 0 Å². The number of rotatable bonds is 5. The van der Waals surface area contributed by atoms with Gasteiger partial charge in [-0.05, 0) is 18.4 Å². The molecule has 7 heteroatoms. The lowest BCUT2D eigenvalue weighted by Gasteiger charge is -2.34. The molecule has 1 saturated heterocycles. The lowest BCUT2D eigenvalue weighted by atomic mass is 10.2. The van der Waals surface area contributed by atoms with Gasteiger partial charge in [-0.25, -0.2) is 9.97 Å². The van der Waals surface area contributed by atoms with Crippen LogP contribution in [0.25, 0.3) is 0 Å². The molecule has 3 rings (SSSR count). The molecule has 1 N–H and O–H groups in total. The predicted molar refractivity (Wildman–Crippen MR) is 90.3 cm³/mol. The zero-order chi connectivity index (χ0) is 17.1. The van der Waals surface area contributed by atoms with E-state index < -0.39 is 0 Å². The molecular weight excluding hydrogens is 306 g/mol. The summed E-state index contributed by atoms with van der Waals surface area (Å²) in [6.45, 7) is 7.57. The molecule has 2 fully saturated rings. The second-order valence-corrected chi connectivity index (χ2v) is 6.95. The molecule has 1 aliphatic heterocycles. The van der Waals surface area contributed by atoms with Crippen LogP contribution in [0.4, 0.5) is 5.95 Å². The Balaban J connectivity index is 1.46. The maximum absolute atomic E-state index is 12.6. The van der Waals surface area contributed by atoms with Crippen molar-refractivity contribution in [3.05, 3.63) is 18.5 Å². The van der Waals surface area contributed by atoms with E-state index in [4.69, 9.17) is 0 Å². The van der Waals surface area contributed by atoms with E-state index >= 15 is 0 Å². The predicted octanol–water partition coefficient (Wildman–Crippen LogP) is 0.534. The van der Waals surface area contributed by atoms with Crippen LogP contribution in [0, 0.1) is 17.8 Å². The van der Waals surface area contributed by atoms with E-state index in [-0.39, 0.29) is 23.7 Å². The summed E-state index contributed by atoms with van der Waals surface area (Å²) in [6.07, 6.45) is 4.14. The van der Waals surface area contributed by atoms with Crippen LogP contribution >= 0.6 is 0 Å². The van der Waals surface area contributed by atoms with Crippen LogP contribution < -0.4 is 10.2 Å². The van der Waals surface area contributed by atoms with Crippen LogP contribution in [0.15, 0.2) is 18.5 Å². The fourth-order valence-corrected chi connectivity index (χ4v) is 3.01. The Morgan fingerprint density at radius 2 is 1.83 bits per heavy atom. The van der Waals surface area contributed by atoms with Crippen molar-refractivity contribution in [1.82, 2.24) is 20.2 Å². The summed E-state index contributed by atoms with van der Waals surface area (Å²) in [5.41, 5.74) is 0. The fraction of sp³-hybridized carbons (Fsp3) is 0.647. The largest absolute Gasteiger partial charge is 0.356 e. The molecule has 2 unspecified atom stereocenters. The van der Waals surface area contributed by atoms with Crippen molar-refractivity contribution >= 4 is 17.8 Å². The number of carbonyl (C=O) groups excluding carboxylic acids is 2. The van der Waals surface area contributed by atoms with Gasteiger partial charge in [0.1, 0.15) is 0 Å². The van der Waals surface area contributed by atoms with E-state index in [0.717, 1.165) is 13.1 Å². The van der Waals surface area contributed by atoms with Gasteiger partial charge in [0.15, 0.2) is 0 Å². The van der Waals surface area contributed by atoms with Crippen LogP contribution in [-0.4, -0.2) is 59.4 Å². The van der Waals surface area contributed by atoms with Crippen LogP contribution in [0.2, 0.25) is 0 Å². The maximum atomic E-state index is 12.6. The zero-order valence-electron chi connectivity index (χ0n) is 14.3. The first-order valence-corrected chi connectivity index (χ1v) is 8.64. The summed E-state index contributed by atoms with van der Waals surface area (Å²) in [7, 11) is 0. The number of nitrogens with zero attached hydrogens (tertiary/aromatic N) is 4. The van der Waals surface area contributed by atoms with Crippen molar-refractivity contribution in [2.24, 2.45) is 17.8 Å². The van der Waals surface area contributed by atoms with Crippen molar-refractivity contribution < 1.29 is 9.59 Å². The lowest BCUT2D eigenvalue weighted by Crippen LogP contribution is -2.50. The average Bonchev–Trinajstić information content (AvgIpc) is 3.41. The third kappa shape index (κ3) is 3.83. The maximum Gasteiger partial charge on any atom is 0.226 e. The summed E-state index contributed by atoms with van der Waals surface area (Å²) < 4.78 is 0. The quantitative estimate of drug-likeness (QED) is 0.852. The van der Waals surface area contributed by atoms with Crippen molar-refractivity contribution in [2.45, 2.75) is 20.3 Å². The first-order valence-electron chi connectivity index (χ1n) is 8.64. The molecule has 0 aromatic carbocycles. The van der Waals surface area contributed by atoms with Gasteiger partial charge in [0.05, 0.1) is 11.8 Å². The molecule has 1 aliphatic carbocycles. The Morgan fingerprint density at radius 1 is 1.17 bits per heavy atom. The smallest absolute Gasteiger partial charge is 0.226 e. The SMILES string of the molecule is CC(C)CNC(=O)C1CC1C(=O)N1CCN(c2ncccn2)CC1. The molecule has 2 heterocycles. The number of hydrogen-bond donors (Lipinski definition) is 1.